The van der Waals surface area contributed by atoms with Crippen LogP contribution in [0.25, 0.3) is 0 Å². The summed E-state index contributed by atoms with van der Waals surface area (Å²) in [6, 6.07) is 10.9. The Morgan fingerprint density at radius 1 is 1.00 bits per heavy atom. The highest BCUT2D eigenvalue weighted by Crippen LogP contribution is 2.28. The zero-order valence-electron chi connectivity index (χ0n) is 12.5. The van der Waals surface area contributed by atoms with Crippen molar-refractivity contribution in [2.75, 3.05) is 13.1 Å². The first kappa shape index (κ1) is 17.7. The molecular formula is C14H18N2O5S2. The summed E-state index contributed by atoms with van der Waals surface area (Å²) in [5.74, 6) is 0.174. The largest absolute Gasteiger partial charge is 0.468 e. The van der Waals surface area contributed by atoms with Gasteiger partial charge in [0, 0.05) is 13.1 Å². The Morgan fingerprint density at radius 3 is 2.26 bits per heavy atom. The summed E-state index contributed by atoms with van der Waals surface area (Å²) in [7, 11) is -7.58. The number of benzene rings is 1. The molecule has 1 atom stereocenters. The van der Waals surface area contributed by atoms with E-state index in [1.54, 1.807) is 31.2 Å². The first-order chi connectivity index (χ1) is 10.9. The fourth-order valence-electron chi connectivity index (χ4n) is 2.04. The molecule has 0 radical (unpaired) electrons. The predicted octanol–water partition coefficient (Wildman–Crippen LogP) is 1.24. The Labute approximate surface area is 135 Å². The SMILES string of the molecule is CCNS(=O)(=O)NCC(c1ccco1)S(=O)(=O)c1ccccc1. The predicted molar refractivity (Wildman–Crippen MR) is 85.7 cm³/mol. The van der Waals surface area contributed by atoms with E-state index in [1.807, 2.05) is 0 Å². The van der Waals surface area contributed by atoms with Crippen LogP contribution in [-0.2, 0) is 20.0 Å². The Balaban J connectivity index is 2.33. The first-order valence-electron chi connectivity index (χ1n) is 6.93. The van der Waals surface area contributed by atoms with Gasteiger partial charge in [-0.25, -0.2) is 17.9 Å². The van der Waals surface area contributed by atoms with Crippen molar-refractivity contribution in [2.24, 2.45) is 0 Å². The molecule has 0 fully saturated rings. The molecule has 126 valence electrons. The third-order valence-electron chi connectivity index (χ3n) is 3.10. The van der Waals surface area contributed by atoms with Gasteiger partial charge >= 0.3 is 0 Å². The summed E-state index contributed by atoms with van der Waals surface area (Å²) in [5.41, 5.74) is 0. The summed E-state index contributed by atoms with van der Waals surface area (Å²) in [6.07, 6.45) is 1.35. The van der Waals surface area contributed by atoms with Crippen molar-refractivity contribution < 1.29 is 21.3 Å². The van der Waals surface area contributed by atoms with Crippen LogP contribution >= 0.6 is 0 Å². The maximum atomic E-state index is 12.8. The normalized spacial score (nSPS) is 13.8. The quantitative estimate of drug-likeness (QED) is 0.738. The van der Waals surface area contributed by atoms with Crippen LogP contribution < -0.4 is 9.44 Å². The Bertz CT molecular complexity index is 815. The molecule has 1 aromatic heterocycles. The van der Waals surface area contributed by atoms with E-state index in [0.29, 0.717) is 0 Å². The molecule has 0 spiro atoms. The second kappa shape index (κ2) is 7.26. The molecule has 9 heteroatoms. The highest BCUT2D eigenvalue weighted by atomic mass is 32.2. The highest BCUT2D eigenvalue weighted by molar-refractivity contribution is 7.91. The fraction of sp³-hybridized carbons (Fsp3) is 0.286. The van der Waals surface area contributed by atoms with Gasteiger partial charge < -0.3 is 4.42 Å². The van der Waals surface area contributed by atoms with Gasteiger partial charge in [0.1, 0.15) is 11.0 Å². The number of hydrogen-bond acceptors (Lipinski definition) is 5. The smallest absolute Gasteiger partial charge is 0.276 e. The molecule has 0 amide bonds. The Hall–Kier alpha value is -1.68. The van der Waals surface area contributed by atoms with Crippen LogP contribution in [-0.4, -0.2) is 29.9 Å². The molecule has 7 nitrogen and oxygen atoms in total. The van der Waals surface area contributed by atoms with E-state index >= 15 is 0 Å². The fourth-order valence-corrected chi connectivity index (χ4v) is 4.62. The van der Waals surface area contributed by atoms with Crippen LogP contribution in [0.2, 0.25) is 0 Å². The van der Waals surface area contributed by atoms with E-state index in [1.165, 1.54) is 24.5 Å². The van der Waals surface area contributed by atoms with Crippen LogP contribution in [0, 0.1) is 0 Å². The first-order valence-corrected chi connectivity index (χ1v) is 9.96. The van der Waals surface area contributed by atoms with E-state index < -0.39 is 25.3 Å². The van der Waals surface area contributed by atoms with Gasteiger partial charge in [-0.3, -0.25) is 0 Å². The minimum absolute atomic E-state index is 0.101. The summed E-state index contributed by atoms with van der Waals surface area (Å²) >= 11 is 0. The summed E-state index contributed by atoms with van der Waals surface area (Å²) in [4.78, 5) is 0.101. The maximum absolute atomic E-state index is 12.8. The third kappa shape index (κ3) is 4.41. The number of sulfone groups is 1. The van der Waals surface area contributed by atoms with Gasteiger partial charge in [-0.2, -0.15) is 8.42 Å². The van der Waals surface area contributed by atoms with Gasteiger partial charge in [-0.05, 0) is 24.3 Å². The molecule has 2 N–H and O–H groups in total. The van der Waals surface area contributed by atoms with E-state index in [4.69, 9.17) is 4.42 Å². The number of nitrogens with one attached hydrogen (secondary N) is 2. The van der Waals surface area contributed by atoms with Gasteiger partial charge in [0.05, 0.1) is 11.2 Å². The second-order valence-electron chi connectivity index (χ2n) is 4.71. The van der Waals surface area contributed by atoms with E-state index in [0.717, 1.165) is 0 Å². The molecule has 1 unspecified atom stereocenters. The molecule has 0 aliphatic heterocycles. The second-order valence-corrected chi connectivity index (χ2v) is 8.43. The van der Waals surface area contributed by atoms with E-state index in [2.05, 4.69) is 9.44 Å². The molecule has 0 bridgehead atoms. The van der Waals surface area contributed by atoms with Crippen LogP contribution in [0.15, 0.2) is 58.0 Å². The highest BCUT2D eigenvalue weighted by Gasteiger charge is 2.32. The number of furan rings is 1. The van der Waals surface area contributed by atoms with Gasteiger partial charge in [0.15, 0.2) is 9.84 Å². The zero-order chi connectivity index (χ0) is 16.9. The summed E-state index contributed by atoms with van der Waals surface area (Å²) in [6.45, 7) is 1.50. The van der Waals surface area contributed by atoms with Crippen molar-refractivity contribution in [1.82, 2.24) is 9.44 Å². The topological polar surface area (TPSA) is 105 Å². The Morgan fingerprint density at radius 2 is 1.70 bits per heavy atom. The van der Waals surface area contributed by atoms with Crippen molar-refractivity contribution in [3.8, 4) is 0 Å². The molecule has 0 aliphatic rings. The number of rotatable bonds is 8. The van der Waals surface area contributed by atoms with Crippen LogP contribution in [0.3, 0.4) is 0 Å². The number of hydrogen-bond donors (Lipinski definition) is 2. The molecule has 1 aromatic carbocycles. The van der Waals surface area contributed by atoms with Crippen molar-refractivity contribution in [3.63, 3.8) is 0 Å². The lowest BCUT2D eigenvalue weighted by Crippen LogP contribution is -2.39. The average Bonchev–Trinajstić information content (AvgIpc) is 3.02. The lowest BCUT2D eigenvalue weighted by molar-refractivity contribution is 0.486. The van der Waals surface area contributed by atoms with E-state index in [-0.39, 0.29) is 23.7 Å². The van der Waals surface area contributed by atoms with E-state index in [9.17, 15) is 16.8 Å². The summed E-state index contributed by atoms with van der Waals surface area (Å²) in [5, 5.41) is -1.16. The van der Waals surface area contributed by atoms with Gasteiger partial charge in [0.25, 0.3) is 10.2 Å². The minimum Gasteiger partial charge on any atom is -0.468 e. The molecule has 0 saturated carbocycles. The lowest BCUT2D eigenvalue weighted by atomic mass is 10.3. The monoisotopic (exact) mass is 358 g/mol. The molecule has 1 heterocycles. The van der Waals surface area contributed by atoms with Crippen LogP contribution in [0.1, 0.15) is 17.9 Å². The molecule has 2 aromatic rings. The van der Waals surface area contributed by atoms with Crippen molar-refractivity contribution in [1.29, 1.82) is 0 Å². The van der Waals surface area contributed by atoms with Crippen LogP contribution in [0.4, 0.5) is 0 Å². The van der Waals surface area contributed by atoms with Gasteiger partial charge in [0.2, 0.25) is 0 Å². The van der Waals surface area contributed by atoms with Crippen molar-refractivity contribution >= 4 is 20.0 Å². The molecular weight excluding hydrogens is 340 g/mol. The Kier molecular flexibility index (Phi) is 5.58. The minimum atomic E-state index is -3.81. The molecule has 0 aliphatic carbocycles. The lowest BCUT2D eigenvalue weighted by Gasteiger charge is -2.16. The standard InChI is InChI=1S/C14H18N2O5S2/c1-2-15-23(19,20)16-11-14(13-9-6-10-21-13)22(17,18)12-7-4-3-5-8-12/h3-10,14-16H,2,11H2,1H3. The van der Waals surface area contributed by atoms with Crippen molar-refractivity contribution in [3.05, 3.63) is 54.5 Å². The van der Waals surface area contributed by atoms with Crippen LogP contribution in [0.5, 0.6) is 0 Å². The maximum Gasteiger partial charge on any atom is 0.276 e. The summed E-state index contributed by atoms with van der Waals surface area (Å²) < 4.78 is 58.7. The van der Waals surface area contributed by atoms with Crippen molar-refractivity contribution in [2.45, 2.75) is 17.1 Å². The average molecular weight is 358 g/mol. The molecule has 0 saturated heterocycles. The van der Waals surface area contributed by atoms with Gasteiger partial charge in [-0.1, -0.05) is 25.1 Å². The molecule has 2 rings (SSSR count). The zero-order valence-corrected chi connectivity index (χ0v) is 14.1. The molecule has 23 heavy (non-hydrogen) atoms. The third-order valence-corrected chi connectivity index (χ3v) is 6.39. The van der Waals surface area contributed by atoms with Gasteiger partial charge in [-0.15, -0.1) is 0 Å².